The third kappa shape index (κ3) is 6.08. The molecule has 12 nitrogen and oxygen atoms in total. The van der Waals surface area contributed by atoms with Gasteiger partial charge in [-0.2, -0.15) is 0 Å². The molecule has 16 heteroatoms. The van der Waals surface area contributed by atoms with Crippen LogP contribution in [0.1, 0.15) is 19.0 Å². The molecule has 3 aromatic rings. The maximum atomic E-state index is 15.7. The van der Waals surface area contributed by atoms with Crippen molar-refractivity contribution in [3.63, 3.8) is 0 Å². The average molecular weight is 617 g/mol. The first-order chi connectivity index (χ1) is 18.9. The Hall–Kier alpha value is -2.45. The summed E-state index contributed by atoms with van der Waals surface area (Å²) in [5, 5.41) is 13.9. The Morgan fingerprint density at radius 3 is 2.70 bits per heavy atom. The summed E-state index contributed by atoms with van der Waals surface area (Å²) >= 11 is 12.0. The van der Waals surface area contributed by atoms with Gasteiger partial charge >= 0.3 is 12.6 Å². The molecule has 1 aliphatic rings. The molecule has 0 saturated carbocycles. The van der Waals surface area contributed by atoms with E-state index in [9.17, 15) is 9.90 Å². The molecule has 1 aromatic carbocycles. The zero-order valence-electron chi connectivity index (χ0n) is 22.5. The van der Waals surface area contributed by atoms with Gasteiger partial charge in [0.25, 0.3) is 0 Å². The highest BCUT2D eigenvalue weighted by molar-refractivity contribution is 8.09. The Balaban J connectivity index is 1.63. The Labute approximate surface area is 241 Å². The van der Waals surface area contributed by atoms with E-state index in [1.807, 2.05) is 0 Å². The van der Waals surface area contributed by atoms with Crippen molar-refractivity contribution in [1.82, 2.24) is 24.6 Å². The van der Waals surface area contributed by atoms with E-state index in [4.69, 9.17) is 41.9 Å². The first kappa shape index (κ1) is 30.5. The van der Waals surface area contributed by atoms with E-state index >= 15 is 4.39 Å². The minimum atomic E-state index is -3.50. The smallest absolute Gasteiger partial charge is 0.323 e. The number of hydrogen-bond donors (Lipinski definition) is 2. The predicted molar refractivity (Wildman–Crippen MR) is 151 cm³/mol. The topological polar surface area (TPSA) is 133 Å². The van der Waals surface area contributed by atoms with Crippen molar-refractivity contribution in [3.8, 4) is 5.75 Å². The Morgan fingerprint density at radius 1 is 1.38 bits per heavy atom. The number of nitrogens with zero attached hydrogens (tertiary/aromatic N) is 5. The highest BCUT2D eigenvalue weighted by atomic mass is 35.5. The molecule has 3 heterocycles. The van der Waals surface area contributed by atoms with Crippen LogP contribution in [-0.4, -0.2) is 88.2 Å². The van der Waals surface area contributed by atoms with Gasteiger partial charge in [-0.15, -0.1) is 11.6 Å². The Kier molecular flexibility index (Phi) is 9.30. The SMILES string of the molecule is COC(=O)[C@H](C)N[P@@](=S)(OC[C@@]1(CCl)O[C@@H](n2cnc3c(N(C)C)nc(C)nc32)[C@H](F)[C@@H]1O)Oc1ccccc1. The van der Waals surface area contributed by atoms with E-state index in [2.05, 4.69) is 20.0 Å². The number of aliphatic hydroxyl groups excluding tert-OH is 1. The minimum Gasteiger partial charge on any atom is -0.468 e. The zero-order valence-corrected chi connectivity index (χ0v) is 25.0. The van der Waals surface area contributed by atoms with Crippen LogP contribution >= 0.6 is 18.2 Å². The number of anilines is 1. The van der Waals surface area contributed by atoms with E-state index in [0.29, 0.717) is 28.6 Å². The highest BCUT2D eigenvalue weighted by Crippen LogP contribution is 2.49. The maximum Gasteiger partial charge on any atom is 0.323 e. The summed E-state index contributed by atoms with van der Waals surface area (Å²) in [6.45, 7) is -0.710. The summed E-state index contributed by atoms with van der Waals surface area (Å²) in [5.74, 6) is 0.433. The summed E-state index contributed by atoms with van der Waals surface area (Å²) in [6, 6.07) is 7.71. The molecule has 1 fully saturated rings. The van der Waals surface area contributed by atoms with Gasteiger partial charge in [-0.05, 0) is 37.8 Å². The average Bonchev–Trinajstić information content (AvgIpc) is 3.45. The number of hydrogen-bond acceptors (Lipinski definition) is 11. The molecule has 2 N–H and O–H groups in total. The van der Waals surface area contributed by atoms with Crippen LogP contribution < -0.4 is 14.5 Å². The van der Waals surface area contributed by atoms with Crippen LogP contribution in [-0.2, 0) is 30.6 Å². The van der Waals surface area contributed by atoms with Crippen LogP contribution in [0.2, 0.25) is 0 Å². The highest BCUT2D eigenvalue weighted by Gasteiger charge is 2.57. The van der Waals surface area contributed by atoms with Crippen LogP contribution in [0.3, 0.4) is 0 Å². The Bertz CT molecular complexity index is 1400. The molecule has 6 atom stereocenters. The van der Waals surface area contributed by atoms with Gasteiger partial charge in [0.05, 0.1) is 25.9 Å². The molecular weight excluding hydrogens is 586 g/mol. The number of aryl methyl sites for hydroxylation is 1. The Morgan fingerprint density at radius 2 is 2.08 bits per heavy atom. The fraction of sp³-hybridized carbons (Fsp3) is 0.500. The van der Waals surface area contributed by atoms with Gasteiger partial charge in [0.1, 0.15) is 29.3 Å². The van der Waals surface area contributed by atoms with Gasteiger partial charge in [0, 0.05) is 14.1 Å². The molecule has 0 amide bonds. The van der Waals surface area contributed by atoms with Crippen molar-refractivity contribution in [3.05, 3.63) is 42.5 Å². The summed E-state index contributed by atoms with van der Waals surface area (Å²) in [6.07, 6.45) is -3.58. The van der Waals surface area contributed by atoms with Crippen LogP contribution in [0.15, 0.2) is 36.7 Å². The molecule has 1 saturated heterocycles. The van der Waals surface area contributed by atoms with Gasteiger partial charge in [0.15, 0.2) is 29.4 Å². The van der Waals surface area contributed by atoms with Crippen molar-refractivity contribution in [2.75, 3.05) is 38.6 Å². The number of aromatic nitrogens is 4. The second kappa shape index (κ2) is 12.2. The molecule has 1 aliphatic heterocycles. The number of rotatable bonds is 11. The number of esters is 1. The molecule has 218 valence electrons. The summed E-state index contributed by atoms with van der Waals surface area (Å²) in [4.78, 5) is 27.1. The number of nitrogens with one attached hydrogen (secondary N) is 1. The summed E-state index contributed by atoms with van der Waals surface area (Å²) in [7, 11) is 4.85. The summed E-state index contributed by atoms with van der Waals surface area (Å²) in [5.41, 5.74) is -0.962. The summed E-state index contributed by atoms with van der Waals surface area (Å²) < 4.78 is 40.0. The standard InChI is InChI=1S/C24H31ClFN6O6PS/c1-14(23(34)35-5)30-39(40,38-16-9-7-6-8-10-16)36-12-24(11-25)19(33)17(26)22(37-24)32-13-27-18-20(31(3)4)28-15(2)29-21(18)32/h6-10,13-14,17,19,22,33H,11-12H2,1-5H3,(H,30,40)/t14-,17+,19-,22+,24+,39+/m0/s1. The van der Waals surface area contributed by atoms with Gasteiger partial charge < -0.3 is 28.5 Å². The molecule has 0 aliphatic carbocycles. The van der Waals surface area contributed by atoms with E-state index in [1.54, 1.807) is 56.3 Å². The number of para-hydroxylation sites is 1. The molecule has 0 unspecified atom stereocenters. The lowest BCUT2D eigenvalue weighted by atomic mass is 9.99. The van der Waals surface area contributed by atoms with Crippen LogP contribution in [0.25, 0.3) is 11.2 Å². The maximum absolute atomic E-state index is 15.7. The number of carbonyl (C=O) groups is 1. The van der Waals surface area contributed by atoms with E-state index < -0.39 is 49.4 Å². The van der Waals surface area contributed by atoms with Gasteiger partial charge in [0.2, 0.25) is 0 Å². The number of fused-ring (bicyclic) bond motifs is 1. The van der Waals surface area contributed by atoms with E-state index in [-0.39, 0.29) is 5.88 Å². The molecule has 0 bridgehead atoms. The van der Waals surface area contributed by atoms with Gasteiger partial charge in [-0.3, -0.25) is 9.36 Å². The molecule has 0 radical (unpaired) electrons. The normalized spacial score (nSPS) is 24.9. The van der Waals surface area contributed by atoms with Gasteiger partial charge in [-0.1, -0.05) is 18.2 Å². The zero-order chi connectivity index (χ0) is 29.2. The van der Waals surface area contributed by atoms with E-state index in [0.717, 1.165) is 0 Å². The van der Waals surface area contributed by atoms with E-state index in [1.165, 1.54) is 24.9 Å². The number of ether oxygens (including phenoxy) is 2. The fourth-order valence-electron chi connectivity index (χ4n) is 4.18. The number of alkyl halides is 2. The first-order valence-corrected chi connectivity index (χ1v) is 15.4. The fourth-order valence-corrected chi connectivity index (χ4v) is 6.91. The first-order valence-electron chi connectivity index (χ1n) is 12.2. The largest absolute Gasteiger partial charge is 0.468 e. The lowest BCUT2D eigenvalue weighted by Gasteiger charge is -2.33. The number of imidazole rings is 1. The second-order valence-corrected chi connectivity index (χ2v) is 12.9. The van der Waals surface area contributed by atoms with Crippen molar-refractivity contribution in [2.24, 2.45) is 0 Å². The third-order valence-electron chi connectivity index (χ3n) is 6.26. The quantitative estimate of drug-likeness (QED) is 0.186. The lowest BCUT2D eigenvalue weighted by molar-refractivity contribution is -0.142. The second-order valence-electron chi connectivity index (χ2n) is 9.46. The number of methoxy groups -OCH3 is 1. The van der Waals surface area contributed by atoms with Crippen LogP contribution in [0.5, 0.6) is 5.75 Å². The van der Waals surface area contributed by atoms with Crippen molar-refractivity contribution in [1.29, 1.82) is 0 Å². The van der Waals surface area contributed by atoms with Crippen LogP contribution in [0.4, 0.5) is 10.2 Å². The number of halogens is 2. The molecule has 40 heavy (non-hydrogen) atoms. The van der Waals surface area contributed by atoms with Crippen molar-refractivity contribution >= 4 is 53.0 Å². The van der Waals surface area contributed by atoms with Gasteiger partial charge in [-0.25, -0.2) is 24.4 Å². The van der Waals surface area contributed by atoms with Crippen molar-refractivity contribution in [2.45, 2.75) is 44.0 Å². The molecule has 4 rings (SSSR count). The number of carbonyl (C=O) groups excluding carboxylic acids is 1. The number of benzene rings is 1. The van der Waals surface area contributed by atoms with Crippen LogP contribution in [0, 0.1) is 6.92 Å². The number of aliphatic hydroxyl groups is 1. The molecule has 2 aromatic heterocycles. The van der Waals surface area contributed by atoms with Crippen molar-refractivity contribution < 1.29 is 32.8 Å². The molecule has 0 spiro atoms. The predicted octanol–water partition coefficient (Wildman–Crippen LogP) is 2.88. The third-order valence-corrected chi connectivity index (χ3v) is 9.19. The lowest BCUT2D eigenvalue weighted by Crippen LogP contribution is -2.48. The molecular formula is C24H31ClFN6O6PS. The minimum absolute atomic E-state index is 0.327. The monoisotopic (exact) mass is 616 g/mol.